The van der Waals surface area contributed by atoms with Crippen molar-refractivity contribution in [1.29, 1.82) is 0 Å². The number of benzene rings is 2. The molecule has 2 nitrogen and oxygen atoms in total. The van der Waals surface area contributed by atoms with Gasteiger partial charge in [-0.2, -0.15) is 0 Å². The van der Waals surface area contributed by atoms with Gasteiger partial charge in [-0.15, -0.1) is 0 Å². The molecule has 0 saturated heterocycles. The zero-order valence-electron chi connectivity index (χ0n) is 11.4. The van der Waals surface area contributed by atoms with Crippen molar-refractivity contribution in [1.82, 2.24) is 4.90 Å². The van der Waals surface area contributed by atoms with Crippen LogP contribution in [0.25, 0.3) is 0 Å². The molecule has 0 bridgehead atoms. The molecule has 2 aromatic carbocycles. The zero-order valence-corrected chi connectivity index (χ0v) is 12.9. The number of rotatable bonds is 4. The highest BCUT2D eigenvalue weighted by molar-refractivity contribution is 9.10. The maximum absolute atomic E-state index is 5.94. The molecule has 0 aliphatic heterocycles. The minimum absolute atomic E-state index is 0.869. The van der Waals surface area contributed by atoms with E-state index in [-0.39, 0.29) is 0 Å². The first kappa shape index (κ1) is 14.1. The summed E-state index contributed by atoms with van der Waals surface area (Å²) in [5.41, 5.74) is 10.5. The van der Waals surface area contributed by atoms with E-state index in [9.17, 15) is 0 Å². The van der Waals surface area contributed by atoms with Crippen LogP contribution in [0.5, 0.6) is 0 Å². The number of nitrogens with two attached hydrogens (primary N) is 1. The number of aryl methyl sites for hydroxylation is 1. The quantitative estimate of drug-likeness (QED) is 0.864. The van der Waals surface area contributed by atoms with Crippen LogP contribution < -0.4 is 5.73 Å². The normalized spacial score (nSPS) is 10.9. The topological polar surface area (TPSA) is 29.3 Å². The van der Waals surface area contributed by atoms with Crippen molar-refractivity contribution < 1.29 is 0 Å². The van der Waals surface area contributed by atoms with E-state index in [1.807, 2.05) is 13.0 Å². The van der Waals surface area contributed by atoms with Crippen LogP contribution in [0.4, 0.5) is 5.69 Å². The summed E-state index contributed by atoms with van der Waals surface area (Å²) < 4.78 is 1.12. The molecule has 0 atom stereocenters. The summed E-state index contributed by atoms with van der Waals surface area (Å²) in [5, 5.41) is 0. The fourth-order valence-corrected chi connectivity index (χ4v) is 2.55. The van der Waals surface area contributed by atoms with E-state index >= 15 is 0 Å². The van der Waals surface area contributed by atoms with Gasteiger partial charge < -0.3 is 5.73 Å². The molecular weight excluding hydrogens is 300 g/mol. The van der Waals surface area contributed by atoms with Gasteiger partial charge >= 0.3 is 0 Å². The first-order valence-corrected chi connectivity index (χ1v) is 7.12. The molecule has 2 N–H and O–H groups in total. The summed E-state index contributed by atoms with van der Waals surface area (Å²) >= 11 is 3.50. The first-order valence-electron chi connectivity index (χ1n) is 6.32. The number of nitrogen functional groups attached to an aromatic ring is 1. The molecule has 0 radical (unpaired) electrons. The second-order valence-electron chi connectivity index (χ2n) is 4.99. The molecule has 0 aliphatic rings. The SMILES string of the molecule is Cc1ccc(CN(C)Cc2cccc(Br)c2)cc1N. The Labute approximate surface area is 123 Å². The van der Waals surface area contributed by atoms with Gasteiger partial charge in [-0.3, -0.25) is 4.90 Å². The monoisotopic (exact) mass is 318 g/mol. The molecule has 0 aliphatic carbocycles. The first-order chi connectivity index (χ1) is 9.04. The van der Waals surface area contributed by atoms with Crippen LogP contribution in [-0.4, -0.2) is 11.9 Å². The predicted octanol–water partition coefficient (Wildman–Crippen LogP) is 3.97. The minimum Gasteiger partial charge on any atom is -0.399 e. The lowest BCUT2D eigenvalue weighted by molar-refractivity contribution is 0.319. The highest BCUT2D eigenvalue weighted by Gasteiger charge is 2.03. The van der Waals surface area contributed by atoms with Crippen LogP contribution in [0.2, 0.25) is 0 Å². The zero-order chi connectivity index (χ0) is 13.8. The van der Waals surface area contributed by atoms with Gasteiger partial charge in [-0.05, 0) is 48.9 Å². The maximum Gasteiger partial charge on any atom is 0.0346 e. The van der Waals surface area contributed by atoms with Crippen LogP contribution >= 0.6 is 15.9 Å². The second-order valence-corrected chi connectivity index (χ2v) is 5.91. The smallest absolute Gasteiger partial charge is 0.0346 e. The highest BCUT2D eigenvalue weighted by atomic mass is 79.9. The average Bonchev–Trinajstić information content (AvgIpc) is 2.34. The third-order valence-corrected chi connectivity index (χ3v) is 3.63. The third kappa shape index (κ3) is 4.08. The van der Waals surface area contributed by atoms with Gasteiger partial charge in [-0.25, -0.2) is 0 Å². The minimum atomic E-state index is 0.869. The lowest BCUT2D eigenvalue weighted by atomic mass is 10.1. The van der Waals surface area contributed by atoms with Crippen LogP contribution in [-0.2, 0) is 13.1 Å². The molecule has 100 valence electrons. The van der Waals surface area contributed by atoms with E-state index in [1.165, 1.54) is 11.1 Å². The standard InChI is InChI=1S/C16H19BrN2/c1-12-6-7-14(9-16(12)18)11-19(2)10-13-4-3-5-15(17)8-13/h3-9H,10-11,18H2,1-2H3. The van der Waals surface area contributed by atoms with Gasteiger partial charge in [0.25, 0.3) is 0 Å². The molecule has 0 fully saturated rings. The number of halogens is 1. The number of nitrogens with zero attached hydrogens (tertiary/aromatic N) is 1. The Balaban J connectivity index is 2.01. The summed E-state index contributed by atoms with van der Waals surface area (Å²) in [6.45, 7) is 3.86. The van der Waals surface area contributed by atoms with Crippen LogP contribution in [0, 0.1) is 6.92 Å². The van der Waals surface area contributed by atoms with Crippen LogP contribution in [0.15, 0.2) is 46.9 Å². The fraction of sp³-hybridized carbons (Fsp3) is 0.250. The van der Waals surface area contributed by atoms with Gasteiger partial charge in [0.15, 0.2) is 0 Å². The van der Waals surface area contributed by atoms with E-state index in [4.69, 9.17) is 5.73 Å². The van der Waals surface area contributed by atoms with Crippen LogP contribution in [0.1, 0.15) is 16.7 Å². The van der Waals surface area contributed by atoms with E-state index < -0.39 is 0 Å². The van der Waals surface area contributed by atoms with Gasteiger partial charge in [0.1, 0.15) is 0 Å². The molecule has 0 heterocycles. The van der Waals surface area contributed by atoms with Gasteiger partial charge in [0.2, 0.25) is 0 Å². The Morgan fingerprint density at radius 2 is 1.74 bits per heavy atom. The lowest BCUT2D eigenvalue weighted by Gasteiger charge is -2.17. The van der Waals surface area contributed by atoms with Crippen molar-refractivity contribution in [2.45, 2.75) is 20.0 Å². The Morgan fingerprint density at radius 1 is 1.05 bits per heavy atom. The van der Waals surface area contributed by atoms with E-state index in [1.54, 1.807) is 0 Å². The fourth-order valence-electron chi connectivity index (χ4n) is 2.10. The largest absolute Gasteiger partial charge is 0.399 e. The summed E-state index contributed by atoms with van der Waals surface area (Å²) in [5.74, 6) is 0. The van der Waals surface area contributed by atoms with Gasteiger partial charge in [0.05, 0.1) is 0 Å². The van der Waals surface area contributed by atoms with Gasteiger partial charge in [-0.1, -0.05) is 40.2 Å². The third-order valence-electron chi connectivity index (χ3n) is 3.14. The van der Waals surface area contributed by atoms with Crippen molar-refractivity contribution in [3.8, 4) is 0 Å². The highest BCUT2D eigenvalue weighted by Crippen LogP contribution is 2.16. The van der Waals surface area contributed by atoms with E-state index in [0.29, 0.717) is 0 Å². The van der Waals surface area contributed by atoms with Crippen molar-refractivity contribution in [2.75, 3.05) is 12.8 Å². The van der Waals surface area contributed by atoms with Crippen LogP contribution in [0.3, 0.4) is 0 Å². The number of hydrogen-bond donors (Lipinski definition) is 1. The Kier molecular flexibility index (Phi) is 4.61. The number of hydrogen-bond acceptors (Lipinski definition) is 2. The Bertz CT molecular complexity index is 566. The molecule has 2 aromatic rings. The van der Waals surface area contributed by atoms with Crippen molar-refractivity contribution in [2.24, 2.45) is 0 Å². The maximum atomic E-state index is 5.94. The Morgan fingerprint density at radius 3 is 2.37 bits per heavy atom. The average molecular weight is 319 g/mol. The summed E-state index contributed by atoms with van der Waals surface area (Å²) in [6, 6.07) is 14.7. The molecule has 0 spiro atoms. The lowest BCUT2D eigenvalue weighted by Crippen LogP contribution is -2.17. The van der Waals surface area contributed by atoms with E-state index in [2.05, 4.69) is 64.3 Å². The van der Waals surface area contributed by atoms with Crippen molar-refractivity contribution in [3.63, 3.8) is 0 Å². The molecule has 0 aromatic heterocycles. The van der Waals surface area contributed by atoms with Crippen molar-refractivity contribution >= 4 is 21.6 Å². The van der Waals surface area contributed by atoms with Gasteiger partial charge in [0, 0.05) is 23.2 Å². The number of anilines is 1. The summed E-state index contributed by atoms with van der Waals surface area (Å²) in [4.78, 5) is 2.28. The molecule has 19 heavy (non-hydrogen) atoms. The molecule has 0 amide bonds. The summed E-state index contributed by atoms with van der Waals surface area (Å²) in [6.07, 6.45) is 0. The molecule has 0 unspecified atom stereocenters. The molecule has 3 heteroatoms. The molecular formula is C16H19BrN2. The van der Waals surface area contributed by atoms with E-state index in [0.717, 1.165) is 28.8 Å². The summed E-state index contributed by atoms with van der Waals surface area (Å²) in [7, 11) is 2.12. The predicted molar refractivity (Wildman–Crippen MR) is 84.9 cm³/mol. The Hall–Kier alpha value is -1.32. The van der Waals surface area contributed by atoms with Crippen molar-refractivity contribution in [3.05, 3.63) is 63.6 Å². The second kappa shape index (κ2) is 6.22. The molecule has 0 saturated carbocycles. The molecule has 2 rings (SSSR count).